The molecule has 1 aliphatic rings. The van der Waals surface area contributed by atoms with Gasteiger partial charge in [-0.05, 0) is 32.9 Å². The molecule has 1 heterocycles. The number of ether oxygens (including phenoxy) is 1. The van der Waals surface area contributed by atoms with Crippen molar-refractivity contribution in [2.75, 3.05) is 32.8 Å². The summed E-state index contributed by atoms with van der Waals surface area (Å²) in [5.74, 6) is 0.767. The lowest BCUT2D eigenvalue weighted by Gasteiger charge is -2.37. The molecule has 1 aliphatic heterocycles. The van der Waals surface area contributed by atoms with Crippen molar-refractivity contribution >= 4 is 5.91 Å². The number of carbonyl (C=O) groups is 1. The number of piperazine rings is 1. The molecule has 0 spiro atoms. The number of hydrogen-bond acceptors (Lipinski definition) is 3. The van der Waals surface area contributed by atoms with E-state index < -0.39 is 0 Å². The van der Waals surface area contributed by atoms with Crippen molar-refractivity contribution in [1.29, 1.82) is 0 Å². The summed E-state index contributed by atoms with van der Waals surface area (Å²) in [6.45, 7) is 10.4. The van der Waals surface area contributed by atoms with Crippen LogP contribution in [0, 0.1) is 0 Å². The van der Waals surface area contributed by atoms with Crippen LogP contribution in [-0.2, 0) is 0 Å². The summed E-state index contributed by atoms with van der Waals surface area (Å²) in [7, 11) is 0. The molecule has 1 aromatic carbocycles. The third-order valence-corrected chi connectivity index (χ3v) is 3.75. The molecule has 1 amide bonds. The van der Waals surface area contributed by atoms with E-state index in [4.69, 9.17) is 4.74 Å². The molecule has 0 radical (unpaired) electrons. The van der Waals surface area contributed by atoms with E-state index in [-0.39, 0.29) is 5.91 Å². The molecule has 4 nitrogen and oxygen atoms in total. The lowest BCUT2D eigenvalue weighted by Crippen LogP contribution is -2.50. The maximum atomic E-state index is 12.6. The van der Waals surface area contributed by atoms with Crippen LogP contribution in [0.25, 0.3) is 0 Å². The zero-order chi connectivity index (χ0) is 14.5. The van der Waals surface area contributed by atoms with Crippen molar-refractivity contribution in [3.63, 3.8) is 0 Å². The van der Waals surface area contributed by atoms with Crippen LogP contribution in [0.3, 0.4) is 0 Å². The van der Waals surface area contributed by atoms with Gasteiger partial charge in [-0.25, -0.2) is 0 Å². The summed E-state index contributed by atoms with van der Waals surface area (Å²) < 4.78 is 5.55. The Morgan fingerprint density at radius 3 is 2.45 bits per heavy atom. The Hall–Kier alpha value is -1.55. The molecule has 1 aromatic rings. The Kier molecular flexibility index (Phi) is 5.01. The van der Waals surface area contributed by atoms with Crippen LogP contribution in [0.2, 0.25) is 0 Å². The highest BCUT2D eigenvalue weighted by Crippen LogP contribution is 2.20. The van der Waals surface area contributed by atoms with Crippen molar-refractivity contribution in [3.8, 4) is 5.75 Å². The third-order valence-electron chi connectivity index (χ3n) is 3.75. The summed E-state index contributed by atoms with van der Waals surface area (Å²) in [6.07, 6.45) is 0. The minimum Gasteiger partial charge on any atom is -0.493 e. The van der Waals surface area contributed by atoms with E-state index in [9.17, 15) is 4.79 Å². The summed E-state index contributed by atoms with van der Waals surface area (Å²) in [4.78, 5) is 16.9. The predicted molar refractivity (Wildman–Crippen MR) is 80.2 cm³/mol. The van der Waals surface area contributed by atoms with Crippen molar-refractivity contribution in [2.45, 2.75) is 26.8 Å². The Balaban J connectivity index is 2.05. The predicted octanol–water partition coefficient (Wildman–Crippen LogP) is 2.25. The molecular weight excluding hydrogens is 252 g/mol. The molecule has 20 heavy (non-hydrogen) atoms. The Bertz CT molecular complexity index is 452. The molecule has 1 fully saturated rings. The molecule has 0 aliphatic carbocycles. The zero-order valence-corrected chi connectivity index (χ0v) is 12.6. The number of para-hydroxylation sites is 1. The van der Waals surface area contributed by atoms with E-state index in [1.807, 2.05) is 36.1 Å². The highest BCUT2D eigenvalue weighted by atomic mass is 16.5. The number of carbonyl (C=O) groups excluding carboxylic acids is 1. The maximum Gasteiger partial charge on any atom is 0.257 e. The first-order valence-electron chi connectivity index (χ1n) is 7.38. The van der Waals surface area contributed by atoms with Gasteiger partial charge in [-0.1, -0.05) is 12.1 Å². The average molecular weight is 276 g/mol. The molecule has 4 heteroatoms. The molecule has 0 atom stereocenters. The zero-order valence-electron chi connectivity index (χ0n) is 12.6. The molecular formula is C16H24N2O2. The Morgan fingerprint density at radius 1 is 1.20 bits per heavy atom. The summed E-state index contributed by atoms with van der Waals surface area (Å²) in [6, 6.07) is 8.05. The number of nitrogens with zero attached hydrogens (tertiary/aromatic N) is 2. The van der Waals surface area contributed by atoms with Crippen molar-refractivity contribution in [3.05, 3.63) is 29.8 Å². The second kappa shape index (κ2) is 6.75. The number of benzene rings is 1. The van der Waals surface area contributed by atoms with E-state index >= 15 is 0 Å². The van der Waals surface area contributed by atoms with Gasteiger partial charge in [0.05, 0.1) is 12.2 Å². The van der Waals surface area contributed by atoms with Crippen LogP contribution in [0.1, 0.15) is 31.1 Å². The van der Waals surface area contributed by atoms with Gasteiger partial charge in [0.2, 0.25) is 0 Å². The summed E-state index contributed by atoms with van der Waals surface area (Å²) in [5, 5.41) is 0. The Morgan fingerprint density at radius 2 is 1.85 bits per heavy atom. The van der Waals surface area contributed by atoms with Gasteiger partial charge in [-0.15, -0.1) is 0 Å². The molecule has 110 valence electrons. The standard InChI is InChI=1S/C16H24N2O2/c1-4-20-15-8-6-5-7-14(15)16(19)18-11-9-17(10-12-18)13(2)3/h5-8,13H,4,9-12H2,1-3H3. The van der Waals surface area contributed by atoms with Gasteiger partial charge in [0.25, 0.3) is 5.91 Å². The monoisotopic (exact) mass is 276 g/mol. The molecule has 0 unspecified atom stereocenters. The van der Waals surface area contributed by atoms with Crippen LogP contribution in [0.5, 0.6) is 5.75 Å². The van der Waals surface area contributed by atoms with Gasteiger partial charge in [0, 0.05) is 32.2 Å². The van der Waals surface area contributed by atoms with Crippen LogP contribution < -0.4 is 4.74 Å². The molecule has 0 bridgehead atoms. The fraction of sp³-hybridized carbons (Fsp3) is 0.562. The Labute approximate surface area is 121 Å². The first-order chi connectivity index (χ1) is 9.63. The van der Waals surface area contributed by atoms with Crippen LogP contribution in [0.4, 0.5) is 0 Å². The first-order valence-corrected chi connectivity index (χ1v) is 7.38. The highest BCUT2D eigenvalue weighted by Gasteiger charge is 2.24. The van der Waals surface area contributed by atoms with Crippen molar-refractivity contribution < 1.29 is 9.53 Å². The first kappa shape index (κ1) is 14.9. The van der Waals surface area contributed by atoms with E-state index in [1.165, 1.54) is 0 Å². The third kappa shape index (κ3) is 3.31. The lowest BCUT2D eigenvalue weighted by atomic mass is 10.1. The normalized spacial score (nSPS) is 16.5. The molecule has 0 aromatic heterocycles. The fourth-order valence-electron chi connectivity index (χ4n) is 2.54. The largest absolute Gasteiger partial charge is 0.493 e. The van der Waals surface area contributed by atoms with Crippen LogP contribution in [-0.4, -0.2) is 54.5 Å². The number of rotatable bonds is 4. The minimum absolute atomic E-state index is 0.0810. The van der Waals surface area contributed by atoms with Gasteiger partial charge in [0.1, 0.15) is 5.75 Å². The number of amides is 1. The van der Waals surface area contributed by atoms with Gasteiger partial charge >= 0.3 is 0 Å². The van der Waals surface area contributed by atoms with Crippen molar-refractivity contribution in [2.24, 2.45) is 0 Å². The fourth-order valence-corrected chi connectivity index (χ4v) is 2.54. The van der Waals surface area contributed by atoms with Crippen LogP contribution in [0.15, 0.2) is 24.3 Å². The SMILES string of the molecule is CCOc1ccccc1C(=O)N1CCN(C(C)C)CC1. The topological polar surface area (TPSA) is 32.8 Å². The maximum absolute atomic E-state index is 12.6. The second-order valence-corrected chi connectivity index (χ2v) is 5.35. The van der Waals surface area contributed by atoms with Crippen LogP contribution >= 0.6 is 0 Å². The van der Waals surface area contributed by atoms with E-state index in [0.29, 0.717) is 24.0 Å². The molecule has 1 saturated heterocycles. The van der Waals surface area contributed by atoms with Gasteiger partial charge in [0.15, 0.2) is 0 Å². The smallest absolute Gasteiger partial charge is 0.257 e. The second-order valence-electron chi connectivity index (χ2n) is 5.35. The number of hydrogen-bond donors (Lipinski definition) is 0. The van der Waals surface area contributed by atoms with E-state index in [2.05, 4.69) is 18.7 Å². The van der Waals surface area contributed by atoms with Gasteiger partial charge < -0.3 is 9.64 Å². The molecule has 2 rings (SSSR count). The lowest BCUT2D eigenvalue weighted by molar-refractivity contribution is 0.0592. The van der Waals surface area contributed by atoms with E-state index in [1.54, 1.807) is 0 Å². The van der Waals surface area contributed by atoms with E-state index in [0.717, 1.165) is 26.2 Å². The average Bonchev–Trinajstić information content (AvgIpc) is 2.47. The minimum atomic E-state index is 0.0810. The summed E-state index contributed by atoms with van der Waals surface area (Å²) in [5.41, 5.74) is 0.673. The van der Waals surface area contributed by atoms with Gasteiger partial charge in [-0.2, -0.15) is 0 Å². The molecule has 0 N–H and O–H groups in total. The quantitative estimate of drug-likeness (QED) is 0.845. The molecule has 0 saturated carbocycles. The summed E-state index contributed by atoms with van der Waals surface area (Å²) >= 11 is 0. The van der Waals surface area contributed by atoms with Gasteiger partial charge in [-0.3, -0.25) is 9.69 Å². The highest BCUT2D eigenvalue weighted by molar-refractivity contribution is 5.97. The van der Waals surface area contributed by atoms with Crippen molar-refractivity contribution in [1.82, 2.24) is 9.80 Å².